The van der Waals surface area contributed by atoms with Gasteiger partial charge in [-0.25, -0.2) is 22.4 Å². The zero-order valence-electron chi connectivity index (χ0n) is 24.2. The Labute approximate surface area is 265 Å². The van der Waals surface area contributed by atoms with Gasteiger partial charge in [-0.3, -0.25) is 23.9 Å². The lowest BCUT2D eigenvalue weighted by Gasteiger charge is -2.11. The molecule has 0 aliphatic rings. The molecule has 0 fully saturated rings. The van der Waals surface area contributed by atoms with Gasteiger partial charge in [0.1, 0.15) is 23.6 Å². The highest BCUT2D eigenvalue weighted by Crippen LogP contribution is 2.25. The second-order valence-corrected chi connectivity index (χ2v) is 12.5. The van der Waals surface area contributed by atoms with E-state index in [-0.39, 0.29) is 28.2 Å². The minimum atomic E-state index is -3.94. The number of aromatic amines is 1. The average molecular weight is 656 g/mol. The first-order valence-electron chi connectivity index (χ1n) is 13.8. The molecule has 4 aromatic heterocycles. The number of aromatic nitrogens is 6. The number of carbonyl (C=O) groups excluding carboxylic acids is 1. The third-order valence-electron chi connectivity index (χ3n) is 6.87. The minimum Gasteiger partial charge on any atom is -0.473 e. The summed E-state index contributed by atoms with van der Waals surface area (Å²) >= 11 is 0.857. The number of ether oxygens (including phenoxy) is 1. The molecule has 0 bridgehead atoms. The molecular weight excluding hydrogens is 631 g/mol. The van der Waals surface area contributed by atoms with E-state index in [1.807, 2.05) is 43.3 Å². The molecule has 0 atom stereocenters. The predicted octanol–water partition coefficient (Wildman–Crippen LogP) is 3.75. The van der Waals surface area contributed by atoms with E-state index >= 15 is 0 Å². The fourth-order valence-electron chi connectivity index (χ4n) is 4.58. The monoisotopic (exact) mass is 655 g/mol. The smallest absolute Gasteiger partial charge is 0.323 e. The molecule has 0 radical (unpaired) electrons. The Bertz CT molecular complexity index is 2390. The van der Waals surface area contributed by atoms with Crippen LogP contribution in [0.25, 0.3) is 39.1 Å². The molecule has 15 heteroatoms. The van der Waals surface area contributed by atoms with Crippen LogP contribution in [0.4, 0.5) is 0 Å². The third kappa shape index (κ3) is 6.40. The average Bonchev–Trinajstić information content (AvgIpc) is 3.73. The maximum atomic E-state index is 13.3. The maximum absolute atomic E-state index is 13.3. The van der Waals surface area contributed by atoms with Gasteiger partial charge in [0.2, 0.25) is 0 Å². The van der Waals surface area contributed by atoms with E-state index in [4.69, 9.17) is 4.74 Å². The summed E-state index contributed by atoms with van der Waals surface area (Å²) in [6.45, 7) is 1.68. The molecule has 232 valence electrons. The van der Waals surface area contributed by atoms with Crippen molar-refractivity contribution in [3.8, 4) is 17.1 Å². The van der Waals surface area contributed by atoms with Crippen LogP contribution in [0.15, 0.2) is 101 Å². The van der Waals surface area contributed by atoms with Crippen molar-refractivity contribution in [1.29, 1.82) is 0 Å². The molecular formula is C31H25N7O6S2. The van der Waals surface area contributed by atoms with Crippen LogP contribution in [0, 0.1) is 0 Å². The first-order chi connectivity index (χ1) is 22.2. The summed E-state index contributed by atoms with van der Waals surface area (Å²) in [6.07, 6.45) is 10.9. The van der Waals surface area contributed by atoms with Gasteiger partial charge in [0.05, 0.1) is 22.8 Å². The first-order valence-corrected chi connectivity index (χ1v) is 16.2. The van der Waals surface area contributed by atoms with Crippen molar-refractivity contribution in [3.05, 3.63) is 123 Å². The van der Waals surface area contributed by atoms with Crippen LogP contribution in [0.1, 0.15) is 23.1 Å². The number of H-pyrrole nitrogens is 1. The molecule has 0 aliphatic carbocycles. The zero-order chi connectivity index (χ0) is 32.3. The largest absolute Gasteiger partial charge is 0.473 e. The van der Waals surface area contributed by atoms with Crippen molar-refractivity contribution in [3.63, 3.8) is 0 Å². The SMILES string of the molecule is C/C=C\C=C/c1cccn1S(=O)(=O)CNC(=O)c1cc2c(=O)n(COc3ccc4cc(-c5nsc(=O)[nH]5)ccc4c3)cnc2cn1. The molecule has 13 nitrogen and oxygen atoms in total. The highest BCUT2D eigenvalue weighted by molar-refractivity contribution is 7.89. The van der Waals surface area contributed by atoms with Crippen molar-refractivity contribution in [1.82, 2.24) is 33.2 Å². The molecule has 4 heterocycles. The summed E-state index contributed by atoms with van der Waals surface area (Å²) in [7, 11) is -3.94. The Kier molecular flexibility index (Phi) is 8.41. The van der Waals surface area contributed by atoms with Crippen molar-refractivity contribution >= 4 is 55.2 Å². The van der Waals surface area contributed by atoms with Crippen LogP contribution in [-0.2, 0) is 16.8 Å². The molecule has 0 unspecified atom stereocenters. The number of carbonyl (C=O) groups is 1. The predicted molar refractivity (Wildman–Crippen MR) is 175 cm³/mol. The molecule has 2 N–H and O–H groups in total. The van der Waals surface area contributed by atoms with Crippen LogP contribution < -0.4 is 20.5 Å². The van der Waals surface area contributed by atoms with Gasteiger partial charge in [-0.15, -0.1) is 0 Å². The minimum absolute atomic E-state index is 0.113. The lowest BCUT2D eigenvalue weighted by molar-refractivity contribution is 0.0955. The Morgan fingerprint density at radius 3 is 2.70 bits per heavy atom. The summed E-state index contributed by atoms with van der Waals surface area (Å²) in [5, 5.41) is 4.27. The number of allylic oxidation sites excluding steroid dienone is 3. The van der Waals surface area contributed by atoms with Gasteiger partial charge < -0.3 is 10.1 Å². The number of nitrogens with one attached hydrogen (secondary N) is 2. The highest BCUT2D eigenvalue weighted by atomic mass is 32.2. The number of pyridine rings is 1. The summed E-state index contributed by atoms with van der Waals surface area (Å²) in [6, 6.07) is 15.5. The van der Waals surface area contributed by atoms with Gasteiger partial charge in [-0.1, -0.05) is 36.4 Å². The Morgan fingerprint density at radius 2 is 1.89 bits per heavy atom. The summed E-state index contributed by atoms with van der Waals surface area (Å²) in [5.41, 5.74) is 0.852. The van der Waals surface area contributed by atoms with Gasteiger partial charge >= 0.3 is 4.87 Å². The number of nitrogens with zero attached hydrogens (tertiary/aromatic N) is 5. The van der Waals surface area contributed by atoms with Crippen molar-refractivity contribution in [2.24, 2.45) is 0 Å². The van der Waals surface area contributed by atoms with Gasteiger partial charge in [0.25, 0.3) is 21.5 Å². The van der Waals surface area contributed by atoms with Gasteiger partial charge in [-0.05, 0) is 60.2 Å². The molecule has 6 aromatic rings. The third-order valence-corrected chi connectivity index (χ3v) is 8.85. The number of amides is 1. The zero-order valence-corrected chi connectivity index (χ0v) is 25.8. The molecule has 0 aliphatic heterocycles. The number of hydrogen-bond donors (Lipinski definition) is 2. The Morgan fingerprint density at radius 1 is 1.07 bits per heavy atom. The highest BCUT2D eigenvalue weighted by Gasteiger charge is 2.19. The van der Waals surface area contributed by atoms with Crippen molar-refractivity contribution in [2.75, 3.05) is 5.88 Å². The topological polar surface area (TPSA) is 171 Å². The molecule has 1 amide bonds. The number of rotatable bonds is 10. The second-order valence-electron chi connectivity index (χ2n) is 9.92. The fraction of sp³-hybridized carbons (Fsp3) is 0.0968. The summed E-state index contributed by atoms with van der Waals surface area (Å²) < 4.78 is 38.1. The summed E-state index contributed by atoms with van der Waals surface area (Å²) in [4.78, 5) is 48.4. The van der Waals surface area contributed by atoms with E-state index in [2.05, 4.69) is 24.6 Å². The maximum Gasteiger partial charge on any atom is 0.323 e. The number of fused-ring (bicyclic) bond motifs is 2. The standard InChI is InChI=1S/C31H25N7O6S2/c1-2-3-4-6-23-7-5-12-38(23)46(42,43)18-34-29(39)26-15-25-27(16-32-26)33-17-37(30(25)40)19-44-24-11-10-20-13-22(9-8-21(20)14-24)28-35-31(41)45-36-28/h2-17H,18-19H2,1H3,(H,34,39)(H,35,36,41)/b3-2-,6-4-. The molecule has 46 heavy (non-hydrogen) atoms. The lowest BCUT2D eigenvalue weighted by atomic mass is 10.1. The quantitative estimate of drug-likeness (QED) is 0.209. The molecule has 0 spiro atoms. The van der Waals surface area contributed by atoms with Crippen LogP contribution in [0.3, 0.4) is 0 Å². The van der Waals surface area contributed by atoms with Crippen LogP contribution in [0.2, 0.25) is 0 Å². The van der Waals surface area contributed by atoms with Crippen LogP contribution in [-0.4, -0.2) is 48.1 Å². The molecule has 2 aromatic carbocycles. The van der Waals surface area contributed by atoms with E-state index in [1.54, 1.807) is 36.4 Å². The first kappa shape index (κ1) is 30.4. The molecule has 6 rings (SSSR count). The van der Waals surface area contributed by atoms with E-state index in [0.717, 1.165) is 31.8 Å². The number of hydrogen-bond acceptors (Lipinski definition) is 10. The number of benzene rings is 2. The normalized spacial score (nSPS) is 12.0. The van der Waals surface area contributed by atoms with Gasteiger partial charge in [-0.2, -0.15) is 4.37 Å². The van der Waals surface area contributed by atoms with Crippen LogP contribution >= 0.6 is 11.5 Å². The van der Waals surface area contributed by atoms with Crippen LogP contribution in [0.5, 0.6) is 5.75 Å². The molecule has 0 saturated heterocycles. The van der Waals surface area contributed by atoms with E-state index in [1.165, 1.54) is 29.4 Å². The van der Waals surface area contributed by atoms with E-state index in [0.29, 0.717) is 17.3 Å². The van der Waals surface area contributed by atoms with Gasteiger partial charge in [0, 0.05) is 23.3 Å². The Balaban J connectivity index is 1.15. The van der Waals surface area contributed by atoms with Gasteiger partial charge in [0.15, 0.2) is 12.6 Å². The van der Waals surface area contributed by atoms with E-state index < -0.39 is 27.4 Å². The summed E-state index contributed by atoms with van der Waals surface area (Å²) in [5.74, 6) is -0.447. The van der Waals surface area contributed by atoms with Crippen molar-refractivity contribution < 1.29 is 17.9 Å². The van der Waals surface area contributed by atoms with Crippen molar-refractivity contribution in [2.45, 2.75) is 13.7 Å². The second kappa shape index (κ2) is 12.7. The van der Waals surface area contributed by atoms with E-state index in [9.17, 15) is 22.8 Å². The molecule has 0 saturated carbocycles. The fourth-order valence-corrected chi connectivity index (χ4v) is 6.20. The Hall–Kier alpha value is -5.67. The lowest BCUT2D eigenvalue weighted by Crippen LogP contribution is -2.33.